The molecule has 4 rings (SSSR count). The molecule has 0 saturated heterocycles. The van der Waals surface area contributed by atoms with Crippen molar-refractivity contribution < 1.29 is 14.3 Å². The fourth-order valence-electron chi connectivity index (χ4n) is 3.89. The lowest BCUT2D eigenvalue weighted by atomic mass is 10.1. The van der Waals surface area contributed by atoms with Crippen LogP contribution in [0.4, 0.5) is 17.3 Å². The van der Waals surface area contributed by atoms with E-state index in [0.29, 0.717) is 29.7 Å². The van der Waals surface area contributed by atoms with Gasteiger partial charge in [-0.2, -0.15) is 0 Å². The molecule has 3 heterocycles. The molecule has 1 aromatic carbocycles. The number of nitrogens with zero attached hydrogens (tertiary/aromatic N) is 5. The molecule has 194 valence electrons. The van der Waals surface area contributed by atoms with E-state index in [0.717, 1.165) is 34.4 Å². The first-order chi connectivity index (χ1) is 17.6. The molecule has 0 radical (unpaired) electrons. The number of esters is 1. The zero-order chi connectivity index (χ0) is 26.7. The molecule has 10 nitrogen and oxygen atoms in total. The van der Waals surface area contributed by atoms with Crippen molar-refractivity contribution in [3.05, 3.63) is 54.0 Å². The highest BCUT2D eigenvalue weighted by Crippen LogP contribution is 2.33. The van der Waals surface area contributed by atoms with Gasteiger partial charge in [-0.1, -0.05) is 0 Å². The van der Waals surface area contributed by atoms with Crippen LogP contribution in [0.25, 0.3) is 22.3 Å². The van der Waals surface area contributed by atoms with Gasteiger partial charge in [-0.3, -0.25) is 0 Å². The van der Waals surface area contributed by atoms with Crippen LogP contribution < -0.4 is 15.8 Å². The fraction of sp³-hybridized carbons (Fsp3) is 0.333. The van der Waals surface area contributed by atoms with Crippen molar-refractivity contribution in [1.29, 1.82) is 0 Å². The number of carbonyl (C=O) groups is 1. The third-order valence-electron chi connectivity index (χ3n) is 5.74. The van der Waals surface area contributed by atoms with Gasteiger partial charge in [0.2, 0.25) is 5.95 Å². The molecular weight excluding hydrogens is 470 g/mol. The molecule has 0 fully saturated rings. The summed E-state index contributed by atoms with van der Waals surface area (Å²) < 4.78 is 13.2. The van der Waals surface area contributed by atoms with Crippen LogP contribution in [0.5, 0.6) is 5.75 Å². The number of benzene rings is 1. The summed E-state index contributed by atoms with van der Waals surface area (Å²) in [4.78, 5) is 28.6. The summed E-state index contributed by atoms with van der Waals surface area (Å²) in [6.45, 7) is 6.87. The van der Waals surface area contributed by atoms with Crippen LogP contribution in [-0.4, -0.2) is 63.7 Å². The van der Waals surface area contributed by atoms with Crippen LogP contribution in [0.2, 0.25) is 0 Å². The third-order valence-corrected chi connectivity index (χ3v) is 5.74. The Morgan fingerprint density at radius 1 is 1.24 bits per heavy atom. The summed E-state index contributed by atoms with van der Waals surface area (Å²) >= 11 is 0. The number of nitrogens with one attached hydrogen (secondary N) is 1. The Labute approximate surface area is 216 Å². The molecule has 0 saturated carbocycles. The average molecular weight is 504 g/mol. The van der Waals surface area contributed by atoms with E-state index < -0.39 is 5.97 Å². The van der Waals surface area contributed by atoms with Gasteiger partial charge in [-0.25, -0.2) is 19.7 Å². The molecule has 4 aromatic rings. The van der Waals surface area contributed by atoms with Crippen LogP contribution in [0.1, 0.15) is 29.8 Å². The van der Waals surface area contributed by atoms with Crippen LogP contribution in [-0.2, 0) is 11.8 Å². The second kappa shape index (κ2) is 10.8. The zero-order valence-corrected chi connectivity index (χ0v) is 22.1. The summed E-state index contributed by atoms with van der Waals surface area (Å²) in [5.74, 6) is 0.458. The van der Waals surface area contributed by atoms with Gasteiger partial charge in [0.15, 0.2) is 0 Å². The van der Waals surface area contributed by atoms with Crippen molar-refractivity contribution in [3.63, 3.8) is 0 Å². The maximum atomic E-state index is 12.9. The normalized spacial score (nSPS) is 11.4. The van der Waals surface area contributed by atoms with Crippen LogP contribution >= 0.6 is 0 Å². The minimum absolute atomic E-state index is 0.275. The predicted molar refractivity (Wildman–Crippen MR) is 145 cm³/mol. The maximum absolute atomic E-state index is 12.9. The number of hydrogen-bond donors (Lipinski definition) is 2. The van der Waals surface area contributed by atoms with E-state index >= 15 is 0 Å². The number of aromatic nitrogens is 4. The van der Waals surface area contributed by atoms with E-state index in [1.807, 2.05) is 61.9 Å². The fourth-order valence-corrected chi connectivity index (χ4v) is 3.89. The number of rotatable bonds is 9. The Hall–Kier alpha value is -4.18. The quantitative estimate of drug-likeness (QED) is 0.256. The molecule has 37 heavy (non-hydrogen) atoms. The average Bonchev–Trinajstić information content (AvgIpc) is 3.18. The van der Waals surface area contributed by atoms with E-state index in [-0.39, 0.29) is 11.7 Å². The van der Waals surface area contributed by atoms with Crippen molar-refractivity contribution in [2.45, 2.75) is 26.9 Å². The van der Waals surface area contributed by atoms with Gasteiger partial charge >= 0.3 is 5.97 Å². The highest BCUT2D eigenvalue weighted by molar-refractivity contribution is 6.02. The zero-order valence-electron chi connectivity index (χ0n) is 22.1. The number of carbonyl (C=O) groups excluding carboxylic acids is 1. The number of pyridine rings is 1. The summed E-state index contributed by atoms with van der Waals surface area (Å²) in [5.41, 5.74) is 10.7. The second-order valence-corrected chi connectivity index (χ2v) is 9.42. The molecule has 0 unspecified atom stereocenters. The van der Waals surface area contributed by atoms with Gasteiger partial charge in [0.05, 0.1) is 17.5 Å². The molecule has 0 aliphatic heterocycles. The Morgan fingerprint density at radius 2 is 2.03 bits per heavy atom. The summed E-state index contributed by atoms with van der Waals surface area (Å²) in [5, 5.41) is 4.11. The number of hydrogen-bond acceptors (Lipinski definition) is 9. The molecule has 10 heteroatoms. The molecule has 0 aliphatic rings. The molecule has 0 spiro atoms. The van der Waals surface area contributed by atoms with Crippen LogP contribution in [0.3, 0.4) is 0 Å². The Morgan fingerprint density at radius 3 is 2.76 bits per heavy atom. The summed E-state index contributed by atoms with van der Waals surface area (Å²) in [6.07, 6.45) is 4.84. The number of likely N-dealkylation sites (N-methyl/N-ethyl adjacent to an activating group) is 1. The van der Waals surface area contributed by atoms with Crippen LogP contribution in [0, 0.1) is 6.92 Å². The first kappa shape index (κ1) is 25.9. The lowest BCUT2D eigenvalue weighted by Crippen LogP contribution is -2.19. The van der Waals surface area contributed by atoms with Gasteiger partial charge < -0.3 is 30.0 Å². The third kappa shape index (κ3) is 5.80. The van der Waals surface area contributed by atoms with Crippen molar-refractivity contribution in [3.8, 4) is 17.0 Å². The SMILES string of the molecule is Cc1cc(OCCN(C)C)c(N)cc1Nc1ncc(C(=O)OC(C)C)c(-c2cn(C)c3ncccc23)n1. The monoisotopic (exact) mass is 503 g/mol. The molecule has 3 aromatic heterocycles. The first-order valence-electron chi connectivity index (χ1n) is 12.1. The highest BCUT2D eigenvalue weighted by Gasteiger charge is 2.22. The first-order valence-corrected chi connectivity index (χ1v) is 12.1. The van der Waals surface area contributed by atoms with Gasteiger partial charge in [-0.15, -0.1) is 0 Å². The Bertz CT molecular complexity index is 1430. The van der Waals surface area contributed by atoms with E-state index in [1.54, 1.807) is 26.1 Å². The van der Waals surface area contributed by atoms with E-state index in [2.05, 4.69) is 15.3 Å². The summed E-state index contributed by atoms with van der Waals surface area (Å²) in [6, 6.07) is 7.49. The minimum Gasteiger partial charge on any atom is -0.490 e. The Balaban J connectivity index is 1.72. The summed E-state index contributed by atoms with van der Waals surface area (Å²) in [7, 11) is 5.88. The standard InChI is InChI=1S/C27H33N7O3/c1-16(2)37-26(35)19-14-30-27(32-24(19)20-15-34(6)25-18(20)8-7-9-29-25)31-22-13-21(28)23(12-17(22)3)36-11-10-33(4)5/h7-9,12-16H,10-11,28H2,1-6H3,(H,30,31,32). The van der Waals surface area contributed by atoms with Gasteiger partial charge in [0, 0.05) is 48.8 Å². The van der Waals surface area contributed by atoms with E-state index in [4.69, 9.17) is 20.2 Å². The van der Waals surface area contributed by atoms with E-state index in [1.165, 1.54) is 6.20 Å². The lowest BCUT2D eigenvalue weighted by molar-refractivity contribution is 0.0378. The minimum atomic E-state index is -0.489. The van der Waals surface area contributed by atoms with Crippen molar-refractivity contribution in [2.75, 3.05) is 38.3 Å². The number of ether oxygens (including phenoxy) is 2. The van der Waals surface area contributed by atoms with Crippen LogP contribution in [0.15, 0.2) is 42.9 Å². The molecule has 0 bridgehead atoms. The molecule has 0 aliphatic carbocycles. The highest BCUT2D eigenvalue weighted by atomic mass is 16.5. The van der Waals surface area contributed by atoms with Gasteiger partial charge in [0.25, 0.3) is 0 Å². The molecular formula is C27H33N7O3. The smallest absolute Gasteiger partial charge is 0.342 e. The van der Waals surface area contributed by atoms with E-state index in [9.17, 15) is 4.79 Å². The number of nitrogen functional groups attached to an aromatic ring is 1. The van der Waals surface area contributed by atoms with Crippen molar-refractivity contribution >= 4 is 34.3 Å². The van der Waals surface area contributed by atoms with Crippen molar-refractivity contribution in [1.82, 2.24) is 24.4 Å². The number of fused-ring (bicyclic) bond motifs is 1. The van der Waals surface area contributed by atoms with Gasteiger partial charge in [0.1, 0.15) is 23.6 Å². The largest absolute Gasteiger partial charge is 0.490 e. The number of anilines is 3. The molecule has 3 N–H and O–H groups in total. The number of nitrogens with two attached hydrogens (primary N) is 1. The number of aryl methyl sites for hydroxylation is 2. The Kier molecular flexibility index (Phi) is 7.58. The molecule has 0 amide bonds. The van der Waals surface area contributed by atoms with Crippen molar-refractivity contribution in [2.24, 2.45) is 7.05 Å². The second-order valence-electron chi connectivity index (χ2n) is 9.42. The van der Waals surface area contributed by atoms with Gasteiger partial charge in [-0.05, 0) is 64.7 Å². The topological polar surface area (TPSA) is 120 Å². The maximum Gasteiger partial charge on any atom is 0.342 e. The molecule has 0 atom stereocenters. The predicted octanol–water partition coefficient (Wildman–Crippen LogP) is 4.17. The lowest BCUT2D eigenvalue weighted by Gasteiger charge is -2.16.